The van der Waals surface area contributed by atoms with Gasteiger partial charge in [0.05, 0.1) is 13.0 Å². The second kappa shape index (κ2) is 15.7. The number of aryl methyl sites for hydroxylation is 1. The first-order valence-corrected chi connectivity index (χ1v) is 14.2. The molecule has 1 amide bonds. The number of aliphatic carboxylic acids is 1. The Morgan fingerprint density at radius 1 is 0.725 bits per heavy atom. The van der Waals surface area contributed by atoms with Gasteiger partial charge in [0.2, 0.25) is 0 Å². The van der Waals surface area contributed by atoms with Crippen LogP contribution in [0.25, 0.3) is 0 Å². The SMILES string of the molecule is CC(C)(C)c1ccc(COc2ccc(OCCCCCCCc3ccc(C(=O)NCCC(=O)O)cc3)cc2)cc1. The van der Waals surface area contributed by atoms with Gasteiger partial charge >= 0.3 is 5.97 Å². The predicted octanol–water partition coefficient (Wildman–Crippen LogP) is 7.34. The van der Waals surface area contributed by atoms with Crippen LogP contribution in [0, 0.1) is 0 Å². The summed E-state index contributed by atoms with van der Waals surface area (Å²) in [5, 5.41) is 11.3. The van der Waals surface area contributed by atoms with Gasteiger partial charge in [-0.15, -0.1) is 0 Å². The normalized spacial score (nSPS) is 11.2. The van der Waals surface area contributed by atoms with Crippen molar-refractivity contribution in [1.82, 2.24) is 5.32 Å². The summed E-state index contributed by atoms with van der Waals surface area (Å²) in [6.07, 6.45) is 6.48. The highest BCUT2D eigenvalue weighted by Gasteiger charge is 2.13. The van der Waals surface area contributed by atoms with Crippen molar-refractivity contribution in [2.24, 2.45) is 0 Å². The van der Waals surface area contributed by atoms with Crippen molar-refractivity contribution in [2.45, 2.75) is 77.7 Å². The van der Waals surface area contributed by atoms with E-state index in [9.17, 15) is 9.59 Å². The molecule has 0 atom stereocenters. The van der Waals surface area contributed by atoms with Gasteiger partial charge in [0.1, 0.15) is 18.1 Å². The molecule has 6 nitrogen and oxygen atoms in total. The number of unbranched alkanes of at least 4 members (excludes halogenated alkanes) is 4. The molecule has 0 heterocycles. The van der Waals surface area contributed by atoms with Crippen LogP contribution < -0.4 is 14.8 Å². The minimum Gasteiger partial charge on any atom is -0.494 e. The van der Waals surface area contributed by atoms with Crippen molar-refractivity contribution in [3.63, 3.8) is 0 Å². The fraction of sp³-hybridized carbons (Fsp3) is 0.412. The smallest absolute Gasteiger partial charge is 0.305 e. The molecular formula is C34H43NO5. The maximum atomic E-state index is 12.0. The maximum Gasteiger partial charge on any atom is 0.305 e. The lowest BCUT2D eigenvalue weighted by molar-refractivity contribution is -0.136. The van der Waals surface area contributed by atoms with Crippen LogP contribution in [0.2, 0.25) is 0 Å². The Hall–Kier alpha value is -3.80. The van der Waals surface area contributed by atoms with Crippen molar-refractivity contribution in [2.75, 3.05) is 13.2 Å². The highest BCUT2D eigenvalue weighted by Crippen LogP contribution is 2.23. The Bertz CT molecular complexity index is 1180. The van der Waals surface area contributed by atoms with Crippen LogP contribution >= 0.6 is 0 Å². The molecule has 0 saturated carbocycles. The number of carboxylic acid groups (broad SMARTS) is 1. The van der Waals surface area contributed by atoms with E-state index in [0.29, 0.717) is 18.8 Å². The molecule has 0 spiro atoms. The van der Waals surface area contributed by atoms with E-state index in [0.717, 1.165) is 55.6 Å². The monoisotopic (exact) mass is 545 g/mol. The van der Waals surface area contributed by atoms with Gasteiger partial charge in [-0.25, -0.2) is 0 Å². The number of ether oxygens (including phenoxy) is 2. The standard InChI is InChI=1S/C34H43NO5/c1-34(2,3)29-16-12-27(13-17-29)25-40-31-20-18-30(19-21-31)39-24-8-6-4-5-7-9-26-10-14-28(15-11-26)33(38)35-23-22-32(36)37/h10-21H,4-9,22-25H2,1-3H3,(H,35,38)(H,36,37). The van der Waals surface area contributed by atoms with E-state index < -0.39 is 5.97 Å². The minimum atomic E-state index is -0.923. The number of hydrogen-bond acceptors (Lipinski definition) is 4. The van der Waals surface area contributed by atoms with E-state index in [1.807, 2.05) is 36.4 Å². The fourth-order valence-corrected chi connectivity index (χ4v) is 4.26. The number of carboxylic acids is 1. The summed E-state index contributed by atoms with van der Waals surface area (Å²) in [5.74, 6) is 0.535. The first-order valence-electron chi connectivity index (χ1n) is 14.2. The Morgan fingerprint density at radius 3 is 1.93 bits per heavy atom. The van der Waals surface area contributed by atoms with E-state index in [-0.39, 0.29) is 24.3 Å². The number of carbonyl (C=O) groups excluding carboxylic acids is 1. The van der Waals surface area contributed by atoms with E-state index in [1.54, 1.807) is 12.1 Å². The highest BCUT2D eigenvalue weighted by molar-refractivity contribution is 5.94. The van der Waals surface area contributed by atoms with Gasteiger partial charge < -0.3 is 19.9 Å². The number of rotatable bonds is 16. The molecule has 214 valence electrons. The molecule has 6 heteroatoms. The van der Waals surface area contributed by atoms with Crippen LogP contribution in [0.3, 0.4) is 0 Å². The molecule has 0 radical (unpaired) electrons. The molecule has 0 aliphatic rings. The topological polar surface area (TPSA) is 84.9 Å². The molecule has 3 rings (SSSR count). The Balaban J connectivity index is 1.23. The molecule has 0 aliphatic carbocycles. The average Bonchev–Trinajstić information content (AvgIpc) is 2.94. The van der Waals surface area contributed by atoms with Crippen molar-refractivity contribution in [3.05, 3.63) is 95.1 Å². The largest absolute Gasteiger partial charge is 0.494 e. The molecule has 0 bridgehead atoms. The number of benzene rings is 3. The van der Waals surface area contributed by atoms with Crippen LogP contribution in [-0.4, -0.2) is 30.1 Å². The van der Waals surface area contributed by atoms with Crippen molar-refractivity contribution in [3.8, 4) is 11.5 Å². The van der Waals surface area contributed by atoms with Gasteiger partial charge in [-0.2, -0.15) is 0 Å². The molecule has 0 aromatic heterocycles. The first-order chi connectivity index (χ1) is 19.2. The average molecular weight is 546 g/mol. The summed E-state index contributed by atoms with van der Waals surface area (Å²) in [6, 6.07) is 24.0. The molecule has 0 unspecified atom stereocenters. The fourth-order valence-electron chi connectivity index (χ4n) is 4.26. The lowest BCUT2D eigenvalue weighted by Gasteiger charge is -2.19. The number of hydrogen-bond donors (Lipinski definition) is 2. The quantitative estimate of drug-likeness (QED) is 0.184. The van der Waals surface area contributed by atoms with Gasteiger partial charge in [0.25, 0.3) is 5.91 Å². The maximum absolute atomic E-state index is 12.0. The molecule has 0 aliphatic heterocycles. The van der Waals surface area contributed by atoms with Gasteiger partial charge in [-0.3, -0.25) is 9.59 Å². The lowest BCUT2D eigenvalue weighted by Crippen LogP contribution is -2.25. The van der Waals surface area contributed by atoms with E-state index in [1.165, 1.54) is 11.1 Å². The molecule has 3 aromatic rings. The van der Waals surface area contributed by atoms with E-state index >= 15 is 0 Å². The molecule has 40 heavy (non-hydrogen) atoms. The molecular weight excluding hydrogens is 502 g/mol. The zero-order chi connectivity index (χ0) is 28.8. The van der Waals surface area contributed by atoms with Gasteiger partial charge in [0, 0.05) is 12.1 Å². The molecule has 3 aromatic carbocycles. The van der Waals surface area contributed by atoms with Gasteiger partial charge in [-0.05, 0) is 77.8 Å². The third kappa shape index (κ3) is 11.1. The Kier molecular flexibility index (Phi) is 12.1. The van der Waals surface area contributed by atoms with E-state index in [2.05, 4.69) is 50.4 Å². The van der Waals surface area contributed by atoms with E-state index in [4.69, 9.17) is 14.6 Å². The third-order valence-corrected chi connectivity index (χ3v) is 6.77. The summed E-state index contributed by atoms with van der Waals surface area (Å²) in [4.78, 5) is 22.6. The zero-order valence-electron chi connectivity index (χ0n) is 24.1. The number of amides is 1. The van der Waals surface area contributed by atoms with Gasteiger partial charge in [-0.1, -0.05) is 76.4 Å². The predicted molar refractivity (Wildman–Crippen MR) is 159 cm³/mol. The second-order valence-corrected chi connectivity index (χ2v) is 11.2. The summed E-state index contributed by atoms with van der Waals surface area (Å²) in [6.45, 7) is 8.03. The molecule has 2 N–H and O–H groups in total. The van der Waals surface area contributed by atoms with Gasteiger partial charge in [0.15, 0.2) is 0 Å². The Labute approximate surface area is 238 Å². The van der Waals surface area contributed by atoms with Crippen LogP contribution in [0.1, 0.15) is 86.3 Å². The van der Waals surface area contributed by atoms with Crippen molar-refractivity contribution in [1.29, 1.82) is 0 Å². The van der Waals surface area contributed by atoms with Crippen LogP contribution in [0.15, 0.2) is 72.8 Å². The first kappa shape index (κ1) is 30.7. The minimum absolute atomic E-state index is 0.0764. The van der Waals surface area contributed by atoms with Crippen molar-refractivity contribution >= 4 is 11.9 Å². The summed E-state index contributed by atoms with van der Waals surface area (Å²) in [7, 11) is 0. The molecule has 0 fully saturated rings. The summed E-state index contributed by atoms with van der Waals surface area (Å²) < 4.78 is 11.8. The number of carbonyl (C=O) groups is 2. The van der Waals surface area contributed by atoms with Crippen LogP contribution in [0.5, 0.6) is 11.5 Å². The summed E-state index contributed by atoms with van der Waals surface area (Å²) >= 11 is 0. The van der Waals surface area contributed by atoms with Crippen LogP contribution in [-0.2, 0) is 23.2 Å². The second-order valence-electron chi connectivity index (χ2n) is 11.2. The molecule has 0 saturated heterocycles. The number of nitrogens with one attached hydrogen (secondary N) is 1. The summed E-state index contributed by atoms with van der Waals surface area (Å²) in [5.41, 5.74) is 4.39. The van der Waals surface area contributed by atoms with Crippen LogP contribution in [0.4, 0.5) is 0 Å². The van der Waals surface area contributed by atoms with Crippen molar-refractivity contribution < 1.29 is 24.2 Å². The third-order valence-electron chi connectivity index (χ3n) is 6.77. The lowest BCUT2D eigenvalue weighted by atomic mass is 9.87. The zero-order valence-corrected chi connectivity index (χ0v) is 24.1. The highest BCUT2D eigenvalue weighted by atomic mass is 16.5. The Morgan fingerprint density at radius 2 is 1.30 bits per heavy atom.